The van der Waals surface area contributed by atoms with E-state index in [0.29, 0.717) is 11.4 Å². The second-order valence-corrected chi connectivity index (χ2v) is 6.09. The number of amides is 3. The first-order valence-corrected chi connectivity index (χ1v) is 8.71. The maximum absolute atomic E-state index is 12.5. The van der Waals surface area contributed by atoms with Crippen LogP contribution in [0.2, 0.25) is 0 Å². The number of para-hydroxylation sites is 2. The average Bonchev–Trinajstić information content (AvgIpc) is 2.69. The highest BCUT2D eigenvalue weighted by molar-refractivity contribution is 6.01. The van der Waals surface area contributed by atoms with E-state index in [1.165, 1.54) is 0 Å². The Kier molecular flexibility index (Phi) is 5.84. The SMILES string of the molecule is C[C@H](NC(=O)Nc1ccccc1)C(=O)Nc1ccccc1-c1ccccc1. The second kappa shape index (κ2) is 8.67. The van der Waals surface area contributed by atoms with Gasteiger partial charge < -0.3 is 16.0 Å². The molecule has 0 fully saturated rings. The lowest BCUT2D eigenvalue weighted by molar-refractivity contribution is -0.117. The third-order valence-corrected chi connectivity index (χ3v) is 4.04. The minimum absolute atomic E-state index is 0.290. The first-order valence-electron chi connectivity index (χ1n) is 8.71. The van der Waals surface area contributed by atoms with Gasteiger partial charge in [-0.05, 0) is 30.7 Å². The molecule has 0 aliphatic carbocycles. The summed E-state index contributed by atoms with van der Waals surface area (Å²) in [5.74, 6) is -0.290. The van der Waals surface area contributed by atoms with E-state index >= 15 is 0 Å². The Morgan fingerprint density at radius 1 is 0.741 bits per heavy atom. The zero-order valence-electron chi connectivity index (χ0n) is 15.0. The first-order chi connectivity index (χ1) is 13.1. The second-order valence-electron chi connectivity index (χ2n) is 6.09. The maximum atomic E-state index is 12.5. The minimum atomic E-state index is -0.697. The third-order valence-electron chi connectivity index (χ3n) is 4.04. The van der Waals surface area contributed by atoms with Gasteiger partial charge in [0.2, 0.25) is 5.91 Å². The molecule has 0 spiro atoms. The molecule has 27 heavy (non-hydrogen) atoms. The molecule has 0 aromatic heterocycles. The molecule has 0 aliphatic rings. The van der Waals surface area contributed by atoms with Crippen LogP contribution in [-0.4, -0.2) is 18.0 Å². The Balaban J connectivity index is 1.64. The fourth-order valence-electron chi connectivity index (χ4n) is 2.65. The molecule has 0 unspecified atom stereocenters. The van der Waals surface area contributed by atoms with Gasteiger partial charge in [0.1, 0.15) is 6.04 Å². The molecule has 0 aliphatic heterocycles. The molecule has 0 radical (unpaired) electrons. The van der Waals surface area contributed by atoms with Crippen LogP contribution < -0.4 is 16.0 Å². The standard InChI is InChI=1S/C22H21N3O2/c1-16(23-22(27)24-18-12-6-3-7-13-18)21(26)25-20-15-9-8-14-19(20)17-10-4-2-5-11-17/h2-16H,1H3,(H,25,26)(H2,23,24,27)/t16-/m0/s1. The topological polar surface area (TPSA) is 70.2 Å². The van der Waals surface area contributed by atoms with Crippen molar-refractivity contribution in [1.29, 1.82) is 0 Å². The minimum Gasteiger partial charge on any atom is -0.326 e. The molecule has 5 heteroatoms. The number of anilines is 2. The van der Waals surface area contributed by atoms with Gasteiger partial charge in [0.15, 0.2) is 0 Å². The fraction of sp³-hybridized carbons (Fsp3) is 0.0909. The predicted octanol–water partition coefficient (Wildman–Crippen LogP) is 4.50. The number of carbonyl (C=O) groups is 2. The first kappa shape index (κ1) is 18.2. The molecule has 0 bridgehead atoms. The van der Waals surface area contributed by atoms with E-state index in [1.807, 2.05) is 72.8 Å². The van der Waals surface area contributed by atoms with Gasteiger partial charge in [-0.1, -0.05) is 66.7 Å². The van der Waals surface area contributed by atoms with Gasteiger partial charge >= 0.3 is 6.03 Å². The number of urea groups is 1. The lowest BCUT2D eigenvalue weighted by Crippen LogP contribution is -2.43. The van der Waals surface area contributed by atoms with Crippen LogP contribution in [0.15, 0.2) is 84.9 Å². The molecule has 3 aromatic carbocycles. The summed E-state index contributed by atoms with van der Waals surface area (Å²) in [7, 11) is 0. The highest BCUT2D eigenvalue weighted by Gasteiger charge is 2.17. The Labute approximate surface area is 158 Å². The molecule has 0 saturated carbocycles. The summed E-state index contributed by atoms with van der Waals surface area (Å²) >= 11 is 0. The Bertz CT molecular complexity index is 911. The normalized spacial score (nSPS) is 11.3. The highest BCUT2D eigenvalue weighted by atomic mass is 16.2. The Morgan fingerprint density at radius 2 is 1.33 bits per heavy atom. The summed E-state index contributed by atoms with van der Waals surface area (Å²) in [5, 5.41) is 8.24. The molecule has 1 atom stereocenters. The van der Waals surface area contributed by atoms with Crippen molar-refractivity contribution in [3.8, 4) is 11.1 Å². The van der Waals surface area contributed by atoms with Gasteiger partial charge in [-0.3, -0.25) is 4.79 Å². The molecule has 0 saturated heterocycles. The van der Waals surface area contributed by atoms with Crippen molar-refractivity contribution in [2.24, 2.45) is 0 Å². The molecule has 0 heterocycles. The van der Waals surface area contributed by atoms with Crippen molar-refractivity contribution in [3.05, 3.63) is 84.9 Å². The van der Waals surface area contributed by atoms with E-state index in [1.54, 1.807) is 19.1 Å². The van der Waals surface area contributed by atoms with Gasteiger partial charge in [0.25, 0.3) is 0 Å². The number of rotatable bonds is 5. The molecular formula is C22H21N3O2. The zero-order chi connectivity index (χ0) is 19.1. The lowest BCUT2D eigenvalue weighted by atomic mass is 10.0. The molecule has 5 nitrogen and oxygen atoms in total. The van der Waals surface area contributed by atoms with Crippen LogP contribution in [0.1, 0.15) is 6.92 Å². The molecule has 3 rings (SSSR count). The van der Waals surface area contributed by atoms with Crippen LogP contribution in [-0.2, 0) is 4.79 Å². The summed E-state index contributed by atoms with van der Waals surface area (Å²) in [6, 6.07) is 25.3. The number of nitrogens with one attached hydrogen (secondary N) is 3. The molecule has 3 amide bonds. The molecule has 136 valence electrons. The Morgan fingerprint density at radius 3 is 2.04 bits per heavy atom. The predicted molar refractivity (Wildman–Crippen MR) is 109 cm³/mol. The largest absolute Gasteiger partial charge is 0.326 e. The van der Waals surface area contributed by atoms with E-state index in [-0.39, 0.29) is 5.91 Å². The summed E-state index contributed by atoms with van der Waals surface area (Å²) in [4.78, 5) is 24.6. The number of hydrogen-bond donors (Lipinski definition) is 3. The monoisotopic (exact) mass is 359 g/mol. The number of benzene rings is 3. The zero-order valence-corrected chi connectivity index (χ0v) is 15.0. The lowest BCUT2D eigenvalue weighted by Gasteiger charge is -2.17. The van der Waals surface area contributed by atoms with Crippen LogP contribution in [0.3, 0.4) is 0 Å². The van der Waals surface area contributed by atoms with Crippen molar-refractivity contribution in [2.45, 2.75) is 13.0 Å². The smallest absolute Gasteiger partial charge is 0.319 e. The van der Waals surface area contributed by atoms with Crippen molar-refractivity contribution < 1.29 is 9.59 Å². The van der Waals surface area contributed by atoms with Gasteiger partial charge in [-0.15, -0.1) is 0 Å². The van der Waals surface area contributed by atoms with Crippen molar-refractivity contribution in [2.75, 3.05) is 10.6 Å². The number of hydrogen-bond acceptors (Lipinski definition) is 2. The third kappa shape index (κ3) is 4.95. The summed E-state index contributed by atoms with van der Waals surface area (Å²) in [6.45, 7) is 1.64. The fourth-order valence-corrected chi connectivity index (χ4v) is 2.65. The average molecular weight is 359 g/mol. The number of carbonyl (C=O) groups excluding carboxylic acids is 2. The van der Waals surface area contributed by atoms with E-state index in [2.05, 4.69) is 16.0 Å². The van der Waals surface area contributed by atoms with Gasteiger partial charge in [-0.25, -0.2) is 4.79 Å². The van der Waals surface area contributed by atoms with Crippen molar-refractivity contribution in [1.82, 2.24) is 5.32 Å². The van der Waals surface area contributed by atoms with Crippen LogP contribution in [0, 0.1) is 0 Å². The van der Waals surface area contributed by atoms with Crippen LogP contribution in [0.4, 0.5) is 16.2 Å². The summed E-state index contributed by atoms with van der Waals surface area (Å²) in [5.41, 5.74) is 3.30. The maximum Gasteiger partial charge on any atom is 0.319 e. The van der Waals surface area contributed by atoms with Crippen molar-refractivity contribution in [3.63, 3.8) is 0 Å². The van der Waals surface area contributed by atoms with E-state index < -0.39 is 12.1 Å². The highest BCUT2D eigenvalue weighted by Crippen LogP contribution is 2.27. The summed E-state index contributed by atoms with van der Waals surface area (Å²) < 4.78 is 0. The van der Waals surface area contributed by atoms with Gasteiger partial charge in [-0.2, -0.15) is 0 Å². The quantitative estimate of drug-likeness (QED) is 0.628. The van der Waals surface area contributed by atoms with Crippen LogP contribution in [0.25, 0.3) is 11.1 Å². The summed E-state index contributed by atoms with van der Waals surface area (Å²) in [6.07, 6.45) is 0. The molecular weight excluding hydrogens is 338 g/mol. The molecule has 3 aromatic rings. The van der Waals surface area contributed by atoms with Gasteiger partial charge in [0, 0.05) is 16.9 Å². The van der Waals surface area contributed by atoms with Crippen molar-refractivity contribution >= 4 is 23.3 Å². The van der Waals surface area contributed by atoms with Crippen LogP contribution >= 0.6 is 0 Å². The van der Waals surface area contributed by atoms with E-state index in [4.69, 9.17) is 0 Å². The Hall–Kier alpha value is -3.60. The van der Waals surface area contributed by atoms with E-state index in [9.17, 15) is 9.59 Å². The molecule has 3 N–H and O–H groups in total. The van der Waals surface area contributed by atoms with Gasteiger partial charge in [0.05, 0.1) is 0 Å². The van der Waals surface area contributed by atoms with Crippen LogP contribution in [0.5, 0.6) is 0 Å². The van der Waals surface area contributed by atoms with E-state index in [0.717, 1.165) is 11.1 Å².